The summed E-state index contributed by atoms with van der Waals surface area (Å²) in [7, 11) is 0. The van der Waals surface area contributed by atoms with Gasteiger partial charge in [-0.1, -0.05) is 360 Å². The molecule has 6 nitrogen and oxygen atoms in total. The highest BCUT2D eigenvalue weighted by Gasteiger charge is 2.20. The van der Waals surface area contributed by atoms with Gasteiger partial charge in [-0.15, -0.1) is 0 Å². The first-order valence-electron chi connectivity index (χ1n) is 35.9. The Morgan fingerprint density at radius 1 is 0.346 bits per heavy atom. The molecule has 2 unspecified atom stereocenters. The molecule has 0 fully saturated rings. The lowest BCUT2D eigenvalue weighted by atomic mass is 10.0. The first kappa shape index (κ1) is 76.6. The summed E-state index contributed by atoms with van der Waals surface area (Å²) < 4.78 is 5.51. The van der Waals surface area contributed by atoms with Crippen LogP contribution in [0.1, 0.15) is 412 Å². The van der Waals surface area contributed by atoms with E-state index in [0.29, 0.717) is 25.9 Å². The average molecular weight is 1100 g/mol. The summed E-state index contributed by atoms with van der Waals surface area (Å²) in [6, 6.07) is -0.546. The highest BCUT2D eigenvalue weighted by atomic mass is 16.5. The van der Waals surface area contributed by atoms with Crippen molar-refractivity contribution in [1.82, 2.24) is 5.32 Å². The number of carbonyl (C=O) groups is 2. The lowest BCUT2D eigenvalue weighted by Crippen LogP contribution is -2.45. The van der Waals surface area contributed by atoms with Gasteiger partial charge in [0, 0.05) is 12.8 Å². The molecular weight excluding hydrogens is 959 g/mol. The molecule has 0 aliphatic carbocycles. The molecule has 2 atom stereocenters. The molecule has 78 heavy (non-hydrogen) atoms. The number of unbranched alkanes of at least 4 members (excludes halogenated alkanes) is 55. The molecule has 464 valence electrons. The molecule has 3 N–H and O–H groups in total. The number of carbonyl (C=O) groups excluding carboxylic acids is 2. The minimum Gasteiger partial charge on any atom is -0.466 e. The fourth-order valence-electron chi connectivity index (χ4n) is 11.6. The first-order chi connectivity index (χ1) is 38.5. The van der Waals surface area contributed by atoms with Crippen LogP contribution in [0.15, 0.2) is 12.2 Å². The van der Waals surface area contributed by atoms with Gasteiger partial charge in [0.15, 0.2) is 0 Å². The Bertz CT molecular complexity index is 1180. The predicted molar refractivity (Wildman–Crippen MR) is 343 cm³/mol. The van der Waals surface area contributed by atoms with Gasteiger partial charge in [-0.3, -0.25) is 9.59 Å². The second-order valence-electron chi connectivity index (χ2n) is 24.9. The third-order valence-electron chi connectivity index (χ3n) is 17.1. The molecule has 0 saturated carbocycles. The summed E-state index contributed by atoms with van der Waals surface area (Å²) in [5.41, 5.74) is 0. The third kappa shape index (κ3) is 63.8. The lowest BCUT2D eigenvalue weighted by Gasteiger charge is -2.22. The maximum atomic E-state index is 12.6. The van der Waals surface area contributed by atoms with Crippen molar-refractivity contribution >= 4 is 11.9 Å². The highest BCUT2D eigenvalue weighted by Crippen LogP contribution is 2.19. The second kappa shape index (κ2) is 68.1. The van der Waals surface area contributed by atoms with Gasteiger partial charge in [-0.2, -0.15) is 0 Å². The van der Waals surface area contributed by atoms with Gasteiger partial charge in [0.2, 0.25) is 5.91 Å². The van der Waals surface area contributed by atoms with Crippen LogP contribution in [-0.4, -0.2) is 47.4 Å². The normalized spacial score (nSPS) is 12.5. The van der Waals surface area contributed by atoms with Crippen molar-refractivity contribution in [2.45, 2.75) is 424 Å². The molecule has 0 spiro atoms. The number of rotatable bonds is 68. The van der Waals surface area contributed by atoms with Gasteiger partial charge >= 0.3 is 5.97 Å². The molecule has 0 heterocycles. The topological polar surface area (TPSA) is 95.9 Å². The summed E-state index contributed by atoms with van der Waals surface area (Å²) in [5, 5.41) is 23.4. The number of nitrogens with one attached hydrogen (secondary N) is 1. The lowest BCUT2D eigenvalue weighted by molar-refractivity contribution is -0.143. The molecule has 0 aromatic rings. The van der Waals surface area contributed by atoms with Gasteiger partial charge in [-0.05, 0) is 51.4 Å². The Hall–Kier alpha value is -1.40. The number of allylic oxidation sites excluding steroid dienone is 2. The second-order valence-corrected chi connectivity index (χ2v) is 24.9. The molecule has 1 amide bonds. The molecule has 0 aromatic heterocycles. The van der Waals surface area contributed by atoms with Crippen LogP contribution in [0, 0.1) is 0 Å². The molecule has 6 heteroatoms. The monoisotopic (exact) mass is 1100 g/mol. The van der Waals surface area contributed by atoms with Crippen LogP contribution in [0.5, 0.6) is 0 Å². The summed E-state index contributed by atoms with van der Waals surface area (Å²) in [6.45, 7) is 4.99. The van der Waals surface area contributed by atoms with Crippen molar-refractivity contribution in [3.05, 3.63) is 12.2 Å². The summed E-state index contributed by atoms with van der Waals surface area (Å²) in [4.78, 5) is 24.7. The standard InChI is InChI=1S/C72H141NO5/c1-3-5-7-9-11-13-15-17-19-21-23-24-25-26-27-29-32-36-40-44-48-52-56-60-64-70(75)69(68-74)73-71(76)65-61-57-53-49-45-41-37-33-30-31-35-39-43-47-51-55-59-63-67-78-72(77)66-62-58-54-50-46-42-38-34-28-22-20-18-16-14-12-10-8-6-4-2/h18,20,69-70,74-75H,3-17,19,21-68H2,1-2H3,(H,73,76)/b20-18-. The Morgan fingerprint density at radius 2 is 0.603 bits per heavy atom. The predicted octanol–water partition coefficient (Wildman–Crippen LogP) is 23.1. The number of ether oxygens (including phenoxy) is 1. The van der Waals surface area contributed by atoms with Crippen LogP contribution in [0.2, 0.25) is 0 Å². The van der Waals surface area contributed by atoms with E-state index in [9.17, 15) is 19.8 Å². The van der Waals surface area contributed by atoms with Crippen LogP contribution in [-0.2, 0) is 14.3 Å². The van der Waals surface area contributed by atoms with Gasteiger partial charge in [0.25, 0.3) is 0 Å². The quantitative estimate of drug-likeness (QED) is 0.0320. The SMILES string of the molecule is CCCCCCCC/C=C\CCCCCCCCCCCC(=O)OCCCCCCCCCCCCCCCCCCCCC(=O)NC(CO)C(O)CCCCCCCCCCCCCCCCCCCCCCCCCC. The minimum atomic E-state index is -0.668. The number of hydrogen-bond acceptors (Lipinski definition) is 5. The van der Waals surface area contributed by atoms with E-state index >= 15 is 0 Å². The van der Waals surface area contributed by atoms with Gasteiger partial charge in [0.1, 0.15) is 0 Å². The number of hydrogen-bond donors (Lipinski definition) is 3. The maximum absolute atomic E-state index is 12.6. The fourth-order valence-corrected chi connectivity index (χ4v) is 11.6. The van der Waals surface area contributed by atoms with E-state index in [1.165, 1.54) is 334 Å². The van der Waals surface area contributed by atoms with E-state index in [0.717, 1.165) is 44.9 Å². The molecule has 0 saturated heterocycles. The molecule has 0 aromatic carbocycles. The molecule has 0 aliphatic heterocycles. The number of esters is 1. The van der Waals surface area contributed by atoms with E-state index in [-0.39, 0.29) is 18.5 Å². The molecular formula is C72H141NO5. The van der Waals surface area contributed by atoms with E-state index in [1.807, 2.05) is 0 Å². The van der Waals surface area contributed by atoms with E-state index < -0.39 is 12.1 Å². The zero-order valence-corrected chi connectivity index (χ0v) is 53.2. The fraction of sp³-hybridized carbons (Fsp3) is 0.944. The molecule has 0 bridgehead atoms. The van der Waals surface area contributed by atoms with Crippen molar-refractivity contribution in [3.8, 4) is 0 Å². The van der Waals surface area contributed by atoms with Crippen LogP contribution < -0.4 is 5.32 Å². The Labute approximate surface area is 489 Å². The van der Waals surface area contributed by atoms with Crippen LogP contribution in [0.3, 0.4) is 0 Å². The summed E-state index contributed by atoms with van der Waals surface area (Å²) >= 11 is 0. The van der Waals surface area contributed by atoms with Crippen LogP contribution >= 0.6 is 0 Å². The largest absolute Gasteiger partial charge is 0.466 e. The molecule has 0 aliphatic rings. The molecule has 0 radical (unpaired) electrons. The Kier molecular flexibility index (Phi) is 66.9. The van der Waals surface area contributed by atoms with Crippen molar-refractivity contribution in [1.29, 1.82) is 0 Å². The van der Waals surface area contributed by atoms with Crippen molar-refractivity contribution in [2.75, 3.05) is 13.2 Å². The number of aliphatic hydroxyl groups is 2. The van der Waals surface area contributed by atoms with E-state index in [2.05, 4.69) is 31.3 Å². The van der Waals surface area contributed by atoms with Crippen LogP contribution in [0.25, 0.3) is 0 Å². The van der Waals surface area contributed by atoms with Crippen LogP contribution in [0.4, 0.5) is 0 Å². The summed E-state index contributed by atoms with van der Waals surface area (Å²) in [6.07, 6.45) is 84.0. The highest BCUT2D eigenvalue weighted by molar-refractivity contribution is 5.76. The van der Waals surface area contributed by atoms with Gasteiger partial charge in [0.05, 0.1) is 25.4 Å². The Balaban J connectivity index is 3.38. The molecule has 0 rings (SSSR count). The zero-order chi connectivity index (χ0) is 56.4. The van der Waals surface area contributed by atoms with Crippen molar-refractivity contribution in [2.24, 2.45) is 0 Å². The smallest absolute Gasteiger partial charge is 0.305 e. The number of aliphatic hydroxyl groups excluding tert-OH is 2. The van der Waals surface area contributed by atoms with E-state index in [4.69, 9.17) is 4.74 Å². The first-order valence-corrected chi connectivity index (χ1v) is 35.9. The minimum absolute atomic E-state index is 0.00856. The van der Waals surface area contributed by atoms with Crippen molar-refractivity contribution in [3.63, 3.8) is 0 Å². The van der Waals surface area contributed by atoms with Crippen molar-refractivity contribution < 1.29 is 24.5 Å². The van der Waals surface area contributed by atoms with E-state index in [1.54, 1.807) is 0 Å². The van der Waals surface area contributed by atoms with Gasteiger partial charge in [-0.25, -0.2) is 0 Å². The Morgan fingerprint density at radius 3 is 0.910 bits per heavy atom. The average Bonchev–Trinajstić information content (AvgIpc) is 3.44. The summed E-state index contributed by atoms with van der Waals surface area (Å²) in [5.74, 6) is -0.0250. The zero-order valence-electron chi connectivity index (χ0n) is 53.2. The van der Waals surface area contributed by atoms with Gasteiger partial charge < -0.3 is 20.3 Å². The maximum Gasteiger partial charge on any atom is 0.305 e. The number of amides is 1. The third-order valence-corrected chi connectivity index (χ3v) is 17.1.